The molecule has 2 heterocycles. The number of amides is 1. The Morgan fingerprint density at radius 3 is 2.59 bits per heavy atom. The predicted octanol–water partition coefficient (Wildman–Crippen LogP) is -0.715. The van der Waals surface area contributed by atoms with Crippen LogP contribution in [0.15, 0.2) is 0 Å². The lowest BCUT2D eigenvalue weighted by Crippen LogP contribution is -2.40. The second-order valence-electron chi connectivity index (χ2n) is 4.90. The topological polar surface area (TPSA) is 92.9 Å². The minimum absolute atomic E-state index is 0.0297. The zero-order valence-electron chi connectivity index (χ0n) is 9.72. The average Bonchev–Trinajstić information content (AvgIpc) is 2.67. The van der Waals surface area contributed by atoms with E-state index in [-0.39, 0.29) is 11.3 Å². The average molecular weight is 242 g/mol. The Kier molecular flexibility index (Phi) is 3.35. The van der Waals surface area contributed by atoms with Crippen molar-refractivity contribution in [2.75, 3.05) is 32.8 Å². The largest absolute Gasteiger partial charge is 0.474 e. The number of aliphatic carboxylic acids is 1. The maximum Gasteiger partial charge on any atom is 0.394 e. The summed E-state index contributed by atoms with van der Waals surface area (Å²) < 4.78 is 5.33. The van der Waals surface area contributed by atoms with Gasteiger partial charge >= 0.3 is 11.9 Å². The first-order valence-electron chi connectivity index (χ1n) is 5.89. The number of nitrogens with two attached hydrogens (primary N) is 1. The van der Waals surface area contributed by atoms with Crippen LogP contribution < -0.4 is 5.73 Å². The van der Waals surface area contributed by atoms with Crippen molar-refractivity contribution in [2.45, 2.75) is 12.8 Å². The van der Waals surface area contributed by atoms with Gasteiger partial charge in [-0.05, 0) is 30.7 Å². The molecule has 2 fully saturated rings. The predicted molar refractivity (Wildman–Crippen MR) is 59.2 cm³/mol. The molecular weight excluding hydrogens is 224 g/mol. The van der Waals surface area contributed by atoms with Crippen LogP contribution in [0.5, 0.6) is 0 Å². The van der Waals surface area contributed by atoms with Crippen LogP contribution in [0.2, 0.25) is 0 Å². The molecule has 0 saturated carbocycles. The van der Waals surface area contributed by atoms with Crippen molar-refractivity contribution in [1.82, 2.24) is 4.90 Å². The molecule has 2 saturated heterocycles. The third-order valence-corrected chi connectivity index (χ3v) is 4.06. The van der Waals surface area contributed by atoms with Gasteiger partial charge in [0.25, 0.3) is 0 Å². The third kappa shape index (κ3) is 2.14. The number of rotatable bonds is 1. The van der Waals surface area contributed by atoms with Gasteiger partial charge in [0.2, 0.25) is 0 Å². The quantitative estimate of drug-likeness (QED) is 0.592. The molecule has 0 aromatic heterocycles. The molecular formula is C11H18N2O4. The van der Waals surface area contributed by atoms with Crippen molar-refractivity contribution in [2.24, 2.45) is 17.1 Å². The highest BCUT2D eigenvalue weighted by atomic mass is 16.5. The van der Waals surface area contributed by atoms with Crippen LogP contribution >= 0.6 is 0 Å². The molecule has 2 rings (SSSR count). The Morgan fingerprint density at radius 2 is 2.06 bits per heavy atom. The van der Waals surface area contributed by atoms with E-state index in [0.29, 0.717) is 32.8 Å². The van der Waals surface area contributed by atoms with Crippen molar-refractivity contribution in [1.29, 1.82) is 0 Å². The molecule has 0 radical (unpaired) electrons. The van der Waals surface area contributed by atoms with Gasteiger partial charge in [-0.1, -0.05) is 0 Å². The number of carbonyl (C=O) groups is 2. The van der Waals surface area contributed by atoms with Crippen molar-refractivity contribution in [3.63, 3.8) is 0 Å². The maximum atomic E-state index is 11.5. The molecule has 1 atom stereocenters. The Morgan fingerprint density at radius 1 is 1.41 bits per heavy atom. The first kappa shape index (κ1) is 12.3. The highest BCUT2D eigenvalue weighted by Crippen LogP contribution is 2.43. The van der Waals surface area contributed by atoms with Crippen molar-refractivity contribution >= 4 is 11.9 Å². The fraction of sp³-hybridized carbons (Fsp3) is 0.818. The van der Waals surface area contributed by atoms with E-state index in [1.165, 1.54) is 4.90 Å². The summed E-state index contributed by atoms with van der Waals surface area (Å²) in [5.74, 6) is -2.01. The van der Waals surface area contributed by atoms with E-state index in [1.54, 1.807) is 0 Å². The zero-order chi connectivity index (χ0) is 12.5. The second-order valence-corrected chi connectivity index (χ2v) is 4.90. The summed E-state index contributed by atoms with van der Waals surface area (Å²) in [5, 5.41) is 8.74. The number of hydrogen-bond acceptors (Lipinski definition) is 4. The zero-order valence-corrected chi connectivity index (χ0v) is 9.72. The van der Waals surface area contributed by atoms with Gasteiger partial charge in [-0.3, -0.25) is 4.79 Å². The second kappa shape index (κ2) is 4.62. The first-order valence-corrected chi connectivity index (χ1v) is 5.89. The first-order chi connectivity index (χ1) is 8.09. The summed E-state index contributed by atoms with van der Waals surface area (Å²) in [6.07, 6.45) is 1.72. The van der Waals surface area contributed by atoms with Gasteiger partial charge in [-0.2, -0.15) is 0 Å². The molecule has 6 heteroatoms. The van der Waals surface area contributed by atoms with Crippen molar-refractivity contribution in [3.05, 3.63) is 0 Å². The number of nitrogens with zero attached hydrogens (tertiary/aromatic N) is 1. The number of ether oxygens (including phenoxy) is 1. The van der Waals surface area contributed by atoms with Gasteiger partial charge < -0.3 is 20.5 Å². The summed E-state index contributed by atoms with van der Waals surface area (Å²) in [4.78, 5) is 23.6. The molecule has 3 N–H and O–H groups in total. The monoisotopic (exact) mass is 242 g/mol. The van der Waals surface area contributed by atoms with E-state index < -0.39 is 11.9 Å². The molecule has 0 bridgehead atoms. The number of carbonyl (C=O) groups excluding carboxylic acids is 1. The summed E-state index contributed by atoms with van der Waals surface area (Å²) in [6, 6.07) is 0. The Labute approximate surface area is 99.7 Å². The summed E-state index contributed by atoms with van der Waals surface area (Å²) in [7, 11) is 0. The van der Waals surface area contributed by atoms with E-state index in [0.717, 1.165) is 12.8 Å². The van der Waals surface area contributed by atoms with Gasteiger partial charge in [-0.25, -0.2) is 4.79 Å². The standard InChI is InChI=1S/C11H18N2O4/c12-5-8-6-13(9(14)10(15)16)7-11(8)1-3-17-4-2-11/h8H,1-7,12H2,(H,15,16). The van der Waals surface area contributed by atoms with Gasteiger partial charge in [0.05, 0.1) is 0 Å². The summed E-state index contributed by atoms with van der Waals surface area (Å²) in [5.41, 5.74) is 5.72. The molecule has 2 aliphatic heterocycles. The number of carboxylic acids is 1. The van der Waals surface area contributed by atoms with E-state index in [2.05, 4.69) is 0 Å². The fourth-order valence-electron chi connectivity index (χ4n) is 2.99. The van der Waals surface area contributed by atoms with Crippen LogP contribution in [0.25, 0.3) is 0 Å². The molecule has 1 unspecified atom stereocenters. The maximum absolute atomic E-state index is 11.5. The molecule has 1 spiro atoms. The van der Waals surface area contributed by atoms with Gasteiger partial charge in [0.15, 0.2) is 0 Å². The SMILES string of the molecule is NCC1CN(C(=O)C(=O)O)CC12CCOCC2. The fourth-order valence-corrected chi connectivity index (χ4v) is 2.99. The van der Waals surface area contributed by atoms with Crippen LogP contribution in [-0.4, -0.2) is 54.7 Å². The van der Waals surface area contributed by atoms with Crippen molar-refractivity contribution in [3.8, 4) is 0 Å². The van der Waals surface area contributed by atoms with E-state index in [4.69, 9.17) is 15.6 Å². The molecule has 96 valence electrons. The van der Waals surface area contributed by atoms with Crippen molar-refractivity contribution < 1.29 is 19.4 Å². The number of likely N-dealkylation sites (tertiary alicyclic amines) is 1. The number of hydrogen-bond donors (Lipinski definition) is 2. The lowest BCUT2D eigenvalue weighted by atomic mass is 9.72. The molecule has 6 nitrogen and oxygen atoms in total. The molecule has 2 aliphatic rings. The summed E-state index contributed by atoms with van der Waals surface area (Å²) in [6.45, 7) is 2.80. The summed E-state index contributed by atoms with van der Waals surface area (Å²) >= 11 is 0. The highest BCUT2D eigenvalue weighted by molar-refractivity contribution is 6.31. The minimum Gasteiger partial charge on any atom is -0.474 e. The van der Waals surface area contributed by atoms with E-state index >= 15 is 0 Å². The lowest BCUT2D eigenvalue weighted by Gasteiger charge is -2.37. The molecule has 17 heavy (non-hydrogen) atoms. The van der Waals surface area contributed by atoms with Gasteiger partial charge in [0.1, 0.15) is 0 Å². The lowest BCUT2D eigenvalue weighted by molar-refractivity contribution is -0.155. The molecule has 0 aromatic carbocycles. The van der Waals surface area contributed by atoms with Crippen LogP contribution in [0, 0.1) is 11.3 Å². The molecule has 0 aromatic rings. The number of carboxylic acid groups (broad SMARTS) is 1. The molecule has 0 aliphatic carbocycles. The van der Waals surface area contributed by atoms with Crippen LogP contribution in [0.3, 0.4) is 0 Å². The van der Waals surface area contributed by atoms with Gasteiger partial charge in [-0.15, -0.1) is 0 Å². The van der Waals surface area contributed by atoms with Crippen LogP contribution in [0.4, 0.5) is 0 Å². The normalized spacial score (nSPS) is 27.4. The smallest absolute Gasteiger partial charge is 0.394 e. The third-order valence-electron chi connectivity index (χ3n) is 4.06. The Balaban J connectivity index is 2.12. The van der Waals surface area contributed by atoms with Crippen LogP contribution in [0.1, 0.15) is 12.8 Å². The van der Waals surface area contributed by atoms with E-state index in [9.17, 15) is 9.59 Å². The minimum atomic E-state index is -1.38. The highest BCUT2D eigenvalue weighted by Gasteiger charge is 2.48. The molecule has 1 amide bonds. The van der Waals surface area contributed by atoms with Crippen LogP contribution in [-0.2, 0) is 14.3 Å². The Bertz CT molecular complexity index is 325. The van der Waals surface area contributed by atoms with E-state index in [1.807, 2.05) is 0 Å². The Hall–Kier alpha value is -1.14. The van der Waals surface area contributed by atoms with Gasteiger partial charge in [0, 0.05) is 26.3 Å².